The van der Waals surface area contributed by atoms with Crippen molar-refractivity contribution >= 4 is 5.69 Å². The second-order valence-corrected chi connectivity index (χ2v) is 5.95. The second-order valence-electron chi connectivity index (χ2n) is 5.95. The Morgan fingerprint density at radius 2 is 2.05 bits per heavy atom. The van der Waals surface area contributed by atoms with Gasteiger partial charge in [0.25, 0.3) is 0 Å². The van der Waals surface area contributed by atoms with Gasteiger partial charge in [0.05, 0.1) is 23.7 Å². The summed E-state index contributed by atoms with van der Waals surface area (Å²) in [5.41, 5.74) is 0.982. The maximum atomic E-state index is 11.0. The van der Waals surface area contributed by atoms with Gasteiger partial charge < -0.3 is 9.47 Å². The van der Waals surface area contributed by atoms with E-state index in [1.54, 1.807) is 12.1 Å². The number of nitro groups is 1. The fourth-order valence-electron chi connectivity index (χ4n) is 2.83. The van der Waals surface area contributed by atoms with E-state index < -0.39 is 4.92 Å². The van der Waals surface area contributed by atoms with Crippen molar-refractivity contribution in [3.05, 3.63) is 33.9 Å². The summed E-state index contributed by atoms with van der Waals surface area (Å²) in [5, 5.41) is 11.0. The van der Waals surface area contributed by atoms with Crippen molar-refractivity contribution in [1.29, 1.82) is 0 Å². The minimum atomic E-state index is -0.403. The second kappa shape index (κ2) is 7.56. The standard InChI is InChI=1S/C16H24N2O4/c1-12-5-6-15(18(19)20)16(9-12)21-8-4-7-17-10-13(2)22-14(3)11-17/h5-6,9,13-14H,4,7-8,10-11H2,1-3H3/t13-,14-/m0/s1. The highest BCUT2D eigenvalue weighted by atomic mass is 16.6. The van der Waals surface area contributed by atoms with Gasteiger partial charge in [-0.2, -0.15) is 0 Å². The lowest BCUT2D eigenvalue weighted by molar-refractivity contribution is -0.385. The Morgan fingerprint density at radius 1 is 1.36 bits per heavy atom. The Bertz CT molecular complexity index is 511. The third kappa shape index (κ3) is 4.68. The summed E-state index contributed by atoms with van der Waals surface area (Å²) in [7, 11) is 0. The van der Waals surface area contributed by atoms with Crippen LogP contribution in [0.4, 0.5) is 5.69 Å². The van der Waals surface area contributed by atoms with E-state index in [9.17, 15) is 10.1 Å². The number of hydrogen-bond acceptors (Lipinski definition) is 5. The molecule has 6 heteroatoms. The molecule has 1 fully saturated rings. The zero-order valence-electron chi connectivity index (χ0n) is 13.4. The quantitative estimate of drug-likeness (QED) is 0.459. The molecule has 0 spiro atoms. The van der Waals surface area contributed by atoms with Crippen LogP contribution in [-0.4, -0.2) is 48.3 Å². The highest BCUT2D eigenvalue weighted by Crippen LogP contribution is 2.27. The van der Waals surface area contributed by atoms with Crippen LogP contribution >= 0.6 is 0 Å². The number of hydrogen-bond donors (Lipinski definition) is 0. The molecule has 0 aliphatic carbocycles. The largest absolute Gasteiger partial charge is 0.487 e. The monoisotopic (exact) mass is 308 g/mol. The van der Waals surface area contributed by atoms with Crippen LogP contribution in [0.3, 0.4) is 0 Å². The lowest BCUT2D eigenvalue weighted by Gasteiger charge is -2.35. The lowest BCUT2D eigenvalue weighted by atomic mass is 10.2. The van der Waals surface area contributed by atoms with E-state index in [1.165, 1.54) is 6.07 Å². The minimum absolute atomic E-state index is 0.0271. The van der Waals surface area contributed by atoms with Crippen molar-refractivity contribution in [1.82, 2.24) is 4.90 Å². The predicted octanol–water partition coefficient (Wildman–Crippen LogP) is 2.78. The van der Waals surface area contributed by atoms with Gasteiger partial charge in [0.15, 0.2) is 5.75 Å². The average Bonchev–Trinajstić information content (AvgIpc) is 2.42. The molecule has 1 aliphatic heterocycles. The third-order valence-electron chi connectivity index (χ3n) is 3.68. The Labute approximate surface area is 131 Å². The highest BCUT2D eigenvalue weighted by molar-refractivity contribution is 5.48. The number of benzene rings is 1. The molecule has 1 heterocycles. The molecule has 1 aliphatic rings. The molecule has 0 aromatic heterocycles. The molecular formula is C16H24N2O4. The van der Waals surface area contributed by atoms with Crippen LogP contribution in [0.15, 0.2) is 18.2 Å². The molecule has 0 N–H and O–H groups in total. The van der Waals surface area contributed by atoms with Gasteiger partial charge in [-0.05, 0) is 38.8 Å². The molecule has 2 atom stereocenters. The van der Waals surface area contributed by atoms with Crippen LogP contribution in [0.2, 0.25) is 0 Å². The number of morpholine rings is 1. The molecule has 2 rings (SSSR count). The van der Waals surface area contributed by atoms with Gasteiger partial charge in [0, 0.05) is 25.7 Å². The molecule has 1 aromatic rings. The van der Waals surface area contributed by atoms with Gasteiger partial charge in [-0.15, -0.1) is 0 Å². The number of nitro benzene ring substituents is 1. The van der Waals surface area contributed by atoms with E-state index in [1.807, 2.05) is 6.92 Å². The van der Waals surface area contributed by atoms with Crippen molar-refractivity contribution in [3.63, 3.8) is 0 Å². The maximum Gasteiger partial charge on any atom is 0.310 e. The number of nitrogens with zero attached hydrogens (tertiary/aromatic N) is 2. The fourth-order valence-corrected chi connectivity index (χ4v) is 2.83. The zero-order valence-corrected chi connectivity index (χ0v) is 13.4. The van der Waals surface area contributed by atoms with Gasteiger partial charge in [-0.25, -0.2) is 0 Å². The first-order valence-corrected chi connectivity index (χ1v) is 7.71. The first kappa shape index (κ1) is 16.7. The van der Waals surface area contributed by atoms with E-state index in [2.05, 4.69) is 18.7 Å². The Kier molecular flexibility index (Phi) is 5.74. The van der Waals surface area contributed by atoms with E-state index >= 15 is 0 Å². The molecule has 6 nitrogen and oxygen atoms in total. The highest BCUT2D eigenvalue weighted by Gasteiger charge is 2.21. The van der Waals surface area contributed by atoms with Crippen LogP contribution in [0.5, 0.6) is 5.75 Å². The van der Waals surface area contributed by atoms with Crippen LogP contribution in [0.25, 0.3) is 0 Å². The summed E-state index contributed by atoms with van der Waals surface area (Å²) >= 11 is 0. The first-order valence-electron chi connectivity index (χ1n) is 7.71. The smallest absolute Gasteiger partial charge is 0.310 e. The summed E-state index contributed by atoms with van der Waals surface area (Å²) in [5.74, 6) is 0.355. The minimum Gasteiger partial charge on any atom is -0.487 e. The Balaban J connectivity index is 1.81. The normalized spacial score (nSPS) is 22.5. The van der Waals surface area contributed by atoms with Crippen LogP contribution in [0.1, 0.15) is 25.8 Å². The lowest BCUT2D eigenvalue weighted by Crippen LogP contribution is -2.45. The Morgan fingerprint density at radius 3 is 2.68 bits per heavy atom. The SMILES string of the molecule is Cc1ccc([N+](=O)[O-])c(OCCCN2C[C@H](C)O[C@@H](C)C2)c1. The summed E-state index contributed by atoms with van der Waals surface area (Å²) in [6.45, 7) is 9.30. The molecule has 0 amide bonds. The van der Waals surface area contributed by atoms with Gasteiger partial charge in [0.2, 0.25) is 0 Å². The molecule has 0 unspecified atom stereocenters. The van der Waals surface area contributed by atoms with Crippen LogP contribution in [-0.2, 0) is 4.74 Å². The summed E-state index contributed by atoms with van der Waals surface area (Å²) in [6, 6.07) is 4.94. The molecule has 122 valence electrons. The number of aryl methyl sites for hydroxylation is 1. The Hall–Kier alpha value is -1.66. The van der Waals surface area contributed by atoms with E-state index in [-0.39, 0.29) is 17.9 Å². The van der Waals surface area contributed by atoms with E-state index in [0.717, 1.165) is 31.6 Å². The zero-order chi connectivity index (χ0) is 16.1. The van der Waals surface area contributed by atoms with E-state index in [0.29, 0.717) is 12.4 Å². The van der Waals surface area contributed by atoms with Crippen molar-refractivity contribution in [2.75, 3.05) is 26.2 Å². The van der Waals surface area contributed by atoms with E-state index in [4.69, 9.17) is 9.47 Å². The van der Waals surface area contributed by atoms with Crippen molar-refractivity contribution < 1.29 is 14.4 Å². The van der Waals surface area contributed by atoms with Crippen molar-refractivity contribution in [2.45, 2.75) is 39.4 Å². The number of rotatable bonds is 6. The molecular weight excluding hydrogens is 284 g/mol. The number of ether oxygens (including phenoxy) is 2. The topological polar surface area (TPSA) is 64.8 Å². The predicted molar refractivity (Wildman–Crippen MR) is 84.4 cm³/mol. The molecule has 0 radical (unpaired) electrons. The molecule has 1 aromatic carbocycles. The van der Waals surface area contributed by atoms with Gasteiger partial charge in [-0.1, -0.05) is 6.07 Å². The van der Waals surface area contributed by atoms with Crippen molar-refractivity contribution in [2.24, 2.45) is 0 Å². The van der Waals surface area contributed by atoms with Crippen molar-refractivity contribution in [3.8, 4) is 5.75 Å². The first-order chi connectivity index (χ1) is 10.5. The molecule has 22 heavy (non-hydrogen) atoms. The van der Waals surface area contributed by atoms with Crippen LogP contribution in [0, 0.1) is 17.0 Å². The van der Waals surface area contributed by atoms with Gasteiger partial charge in [0.1, 0.15) is 0 Å². The summed E-state index contributed by atoms with van der Waals surface area (Å²) in [6.07, 6.45) is 1.34. The van der Waals surface area contributed by atoms with Gasteiger partial charge in [-0.3, -0.25) is 15.0 Å². The van der Waals surface area contributed by atoms with Crippen LogP contribution < -0.4 is 4.74 Å². The van der Waals surface area contributed by atoms with Gasteiger partial charge >= 0.3 is 5.69 Å². The summed E-state index contributed by atoms with van der Waals surface area (Å²) < 4.78 is 11.3. The summed E-state index contributed by atoms with van der Waals surface area (Å²) in [4.78, 5) is 12.9. The average molecular weight is 308 g/mol. The molecule has 0 saturated carbocycles. The molecule has 1 saturated heterocycles. The fraction of sp³-hybridized carbons (Fsp3) is 0.625. The maximum absolute atomic E-state index is 11.0. The third-order valence-corrected chi connectivity index (χ3v) is 3.68. The molecule has 0 bridgehead atoms.